The molecule has 2 aliphatic rings. The summed E-state index contributed by atoms with van der Waals surface area (Å²) in [7, 11) is 1.52. The lowest BCUT2D eigenvalue weighted by molar-refractivity contribution is -0.120. The van der Waals surface area contributed by atoms with Gasteiger partial charge in [0.25, 0.3) is 0 Å². The Bertz CT molecular complexity index is 1490. The molecule has 1 unspecified atom stereocenters. The Balaban J connectivity index is 1.43. The van der Waals surface area contributed by atoms with E-state index >= 15 is 4.39 Å². The molecule has 2 heterocycles. The Kier molecular flexibility index (Phi) is 10.7. The number of amides is 2. The minimum absolute atomic E-state index is 0.0453. The number of rotatable bonds is 12. The summed E-state index contributed by atoms with van der Waals surface area (Å²) in [6.45, 7) is 5.89. The van der Waals surface area contributed by atoms with Crippen molar-refractivity contribution in [1.82, 2.24) is 14.6 Å². The second-order valence-electron chi connectivity index (χ2n) is 13.1. The second-order valence-corrected chi connectivity index (χ2v) is 15.0. The second kappa shape index (κ2) is 14.5. The number of hydrogen-bond donors (Lipinski definition) is 2. The third-order valence-corrected chi connectivity index (χ3v) is 10.3. The highest BCUT2D eigenvalue weighted by Crippen LogP contribution is 2.42. The number of aromatic nitrogens is 1. The van der Waals surface area contributed by atoms with Crippen molar-refractivity contribution in [1.29, 1.82) is 0 Å². The van der Waals surface area contributed by atoms with Crippen LogP contribution in [0.4, 0.5) is 14.9 Å². The van der Waals surface area contributed by atoms with Crippen LogP contribution in [0.25, 0.3) is 0 Å². The molecule has 2 aromatic carbocycles. The molecular weight excluding hydrogens is 607 g/mol. The van der Waals surface area contributed by atoms with E-state index in [-0.39, 0.29) is 31.4 Å². The van der Waals surface area contributed by atoms with Crippen molar-refractivity contribution in [2.45, 2.75) is 81.9 Å². The fourth-order valence-corrected chi connectivity index (χ4v) is 6.61. The molecule has 2 amide bonds. The van der Waals surface area contributed by atoms with Crippen molar-refractivity contribution >= 4 is 29.0 Å². The van der Waals surface area contributed by atoms with Gasteiger partial charge in [-0.05, 0) is 74.9 Å². The summed E-state index contributed by atoms with van der Waals surface area (Å²) in [6, 6.07) is 18.4. The zero-order valence-electron chi connectivity index (χ0n) is 26.8. The number of carbonyl (C=O) groups is 2. The van der Waals surface area contributed by atoms with E-state index in [4.69, 9.17) is 9.47 Å². The molecule has 1 saturated heterocycles. The molecule has 11 heteroatoms. The molecule has 0 bridgehead atoms. The maximum Gasteiger partial charge on any atom is 0.410 e. The number of halogens is 1. The molecule has 4 atom stereocenters. The van der Waals surface area contributed by atoms with E-state index in [1.807, 2.05) is 69.3 Å². The van der Waals surface area contributed by atoms with Gasteiger partial charge in [0.05, 0.1) is 24.0 Å². The first-order chi connectivity index (χ1) is 22.0. The van der Waals surface area contributed by atoms with Crippen molar-refractivity contribution in [3.63, 3.8) is 0 Å². The van der Waals surface area contributed by atoms with Crippen LogP contribution in [0.5, 0.6) is 0 Å². The Labute approximate surface area is 273 Å². The molecule has 0 spiro atoms. The molecule has 5 rings (SSSR count). The van der Waals surface area contributed by atoms with Crippen LogP contribution in [-0.2, 0) is 37.8 Å². The van der Waals surface area contributed by atoms with E-state index in [9.17, 15) is 14.1 Å². The van der Waals surface area contributed by atoms with E-state index in [1.54, 1.807) is 18.3 Å². The zero-order valence-corrected chi connectivity index (χ0v) is 27.6. The van der Waals surface area contributed by atoms with Crippen LogP contribution in [0.1, 0.15) is 69.7 Å². The minimum Gasteiger partial charge on any atom is -0.598 e. The molecule has 0 radical (unpaired) electrons. The van der Waals surface area contributed by atoms with Gasteiger partial charge < -0.3 is 19.3 Å². The van der Waals surface area contributed by atoms with E-state index in [2.05, 4.69) is 15.0 Å². The highest BCUT2D eigenvalue weighted by atomic mass is 32.2. The van der Waals surface area contributed by atoms with Gasteiger partial charge in [-0.2, -0.15) is 0 Å². The Hall–Kier alpha value is -3.51. The summed E-state index contributed by atoms with van der Waals surface area (Å²) in [5.74, 6) is -0.623. The highest BCUT2D eigenvalue weighted by molar-refractivity contribution is 7.90. The maximum absolute atomic E-state index is 15.4. The molecule has 3 aromatic rings. The quantitative estimate of drug-likeness (QED) is 0.229. The van der Waals surface area contributed by atoms with Gasteiger partial charge >= 0.3 is 6.09 Å². The Morgan fingerprint density at radius 2 is 1.83 bits per heavy atom. The molecule has 1 aromatic heterocycles. The van der Waals surface area contributed by atoms with Crippen LogP contribution in [0.2, 0.25) is 0 Å². The van der Waals surface area contributed by atoms with E-state index < -0.39 is 45.5 Å². The normalized spacial score (nSPS) is 20.2. The number of hydrogen-bond acceptors (Lipinski definition) is 7. The smallest absolute Gasteiger partial charge is 0.410 e. The first-order valence-electron chi connectivity index (χ1n) is 15.7. The number of carbonyl (C=O) groups excluding carboxylic acids is 2. The molecule has 1 aliphatic carbocycles. The average molecular weight is 651 g/mol. The fourth-order valence-electron chi connectivity index (χ4n) is 5.66. The summed E-state index contributed by atoms with van der Waals surface area (Å²) in [5.41, 5.74) is 1.04. The fraction of sp³-hybridized carbons (Fsp3) is 0.457. The van der Waals surface area contributed by atoms with Crippen molar-refractivity contribution in [2.24, 2.45) is 5.92 Å². The predicted octanol–water partition coefficient (Wildman–Crippen LogP) is 6.07. The van der Waals surface area contributed by atoms with Crippen LogP contribution >= 0.6 is 0 Å². The van der Waals surface area contributed by atoms with Gasteiger partial charge in [-0.1, -0.05) is 55.3 Å². The van der Waals surface area contributed by atoms with Crippen LogP contribution in [0, 0.1) is 11.7 Å². The number of likely N-dealkylation sites (tertiary alicyclic amines) is 1. The molecule has 2 N–H and O–H groups in total. The van der Waals surface area contributed by atoms with E-state index in [0.717, 1.165) is 24.8 Å². The van der Waals surface area contributed by atoms with E-state index in [0.29, 0.717) is 23.6 Å². The number of nitrogens with one attached hydrogen (secondary N) is 2. The number of pyridine rings is 1. The van der Waals surface area contributed by atoms with Crippen LogP contribution in [0.3, 0.4) is 0 Å². The zero-order chi connectivity index (χ0) is 32.9. The lowest BCUT2D eigenvalue weighted by Gasteiger charge is -2.38. The summed E-state index contributed by atoms with van der Waals surface area (Å²) in [5, 5.41) is 2.74. The summed E-state index contributed by atoms with van der Waals surface area (Å²) >= 11 is -1.50. The Morgan fingerprint density at radius 3 is 2.48 bits per heavy atom. The van der Waals surface area contributed by atoms with Crippen LogP contribution in [-0.4, -0.2) is 57.0 Å². The first-order valence-corrected chi connectivity index (χ1v) is 16.9. The van der Waals surface area contributed by atoms with Gasteiger partial charge in [0, 0.05) is 31.1 Å². The Morgan fingerprint density at radius 1 is 1.09 bits per heavy atom. The van der Waals surface area contributed by atoms with Gasteiger partial charge in [0.15, 0.2) is 0 Å². The lowest BCUT2D eigenvalue weighted by Crippen LogP contribution is -2.52. The molecule has 46 heavy (non-hydrogen) atoms. The molecule has 9 nitrogen and oxygen atoms in total. The van der Waals surface area contributed by atoms with Gasteiger partial charge in [-0.15, -0.1) is 4.72 Å². The van der Waals surface area contributed by atoms with Crippen LogP contribution < -0.4 is 10.0 Å². The van der Waals surface area contributed by atoms with Crippen LogP contribution in [0.15, 0.2) is 72.9 Å². The number of anilines is 1. The highest BCUT2D eigenvalue weighted by Gasteiger charge is 2.45. The van der Waals surface area contributed by atoms with Gasteiger partial charge in [0.1, 0.15) is 28.8 Å². The number of benzene rings is 2. The molecule has 2 fully saturated rings. The molecule has 1 saturated carbocycles. The van der Waals surface area contributed by atoms with Crippen molar-refractivity contribution in [2.75, 3.05) is 19.0 Å². The average Bonchev–Trinajstić information content (AvgIpc) is 3.78. The summed E-state index contributed by atoms with van der Waals surface area (Å²) < 4.78 is 42.9. The van der Waals surface area contributed by atoms with Crippen molar-refractivity contribution in [3.8, 4) is 0 Å². The van der Waals surface area contributed by atoms with Gasteiger partial charge in [-0.25, -0.2) is 9.18 Å². The van der Waals surface area contributed by atoms with Gasteiger partial charge in [-0.3, -0.25) is 14.7 Å². The van der Waals surface area contributed by atoms with Gasteiger partial charge in [0.2, 0.25) is 5.91 Å². The van der Waals surface area contributed by atoms with Crippen molar-refractivity contribution in [3.05, 3.63) is 95.6 Å². The standard InChI is InChI=1S/C35H43FN4O5S/c1-34(2,3)46(43)39-35(18-17-24-13-14-24,31-12-8-9-19-37-31)26-15-16-28(36)29(20-26)38-32(41)30-21-27(44-4)22-40(30)33(42)45-23-25-10-6-5-7-11-25/h5-12,15-16,19-20,24,27,30,39H,13-14,17-18,21-23H2,1-4H3,(H,38,41)/t27-,30-,35?,46+/m1/s1. The maximum atomic E-state index is 15.4. The third kappa shape index (κ3) is 8.06. The largest absolute Gasteiger partial charge is 0.598 e. The lowest BCUT2D eigenvalue weighted by atomic mass is 9.82. The number of nitrogens with zero attached hydrogens (tertiary/aromatic N) is 2. The number of methoxy groups -OCH3 is 1. The topological polar surface area (TPSA) is 116 Å². The SMILES string of the molecule is CO[C@@H]1C[C@H](C(=O)Nc2cc(C(CCC3CC3)(N[S@@+]([O-])C(C)(C)C)c3ccccn3)ccc2F)N(C(=O)OCc2ccccc2)C1. The molecular formula is C35H43FN4O5S. The molecule has 246 valence electrons. The number of ether oxygens (including phenoxy) is 2. The summed E-state index contributed by atoms with van der Waals surface area (Å²) in [6.07, 6.45) is 4.61. The minimum atomic E-state index is -1.50. The first kappa shape index (κ1) is 33.8. The van der Waals surface area contributed by atoms with E-state index in [1.165, 1.54) is 18.1 Å². The van der Waals surface area contributed by atoms with Crippen molar-refractivity contribution < 1.29 is 28.0 Å². The third-order valence-electron chi connectivity index (χ3n) is 8.61. The predicted molar refractivity (Wildman–Crippen MR) is 176 cm³/mol. The molecule has 1 aliphatic heterocycles. The summed E-state index contributed by atoms with van der Waals surface area (Å²) in [4.78, 5) is 32.8. The monoisotopic (exact) mass is 650 g/mol.